The molecule has 0 aliphatic carbocycles. The summed E-state index contributed by atoms with van der Waals surface area (Å²) in [5.74, 6) is 0.908. The van der Waals surface area contributed by atoms with E-state index in [2.05, 4.69) is 17.2 Å². The van der Waals surface area contributed by atoms with Crippen molar-refractivity contribution in [2.75, 3.05) is 13.2 Å². The number of thiazole rings is 1. The fourth-order valence-electron chi connectivity index (χ4n) is 2.05. The zero-order chi connectivity index (χ0) is 15.1. The van der Waals surface area contributed by atoms with Crippen LogP contribution < -0.4 is 10.1 Å². The van der Waals surface area contributed by atoms with E-state index in [0.29, 0.717) is 6.61 Å². The maximum atomic E-state index is 6.08. The van der Waals surface area contributed by atoms with Gasteiger partial charge in [0.15, 0.2) is 0 Å². The fraction of sp³-hybridized carbons (Fsp3) is 0.438. The minimum Gasteiger partial charge on any atom is -0.493 e. The van der Waals surface area contributed by atoms with Gasteiger partial charge in [0.2, 0.25) is 0 Å². The van der Waals surface area contributed by atoms with Crippen molar-refractivity contribution >= 4 is 22.9 Å². The molecule has 1 aromatic carbocycles. The minimum absolute atomic E-state index is 0.658. The lowest BCUT2D eigenvalue weighted by Gasteiger charge is -2.12. The molecule has 0 aliphatic rings. The van der Waals surface area contributed by atoms with Gasteiger partial charge < -0.3 is 10.1 Å². The number of ether oxygens (including phenoxy) is 1. The molecule has 3 nitrogen and oxygen atoms in total. The summed E-state index contributed by atoms with van der Waals surface area (Å²) >= 11 is 7.76. The number of aromatic nitrogens is 1. The molecule has 0 fully saturated rings. The van der Waals surface area contributed by atoms with Gasteiger partial charge in [-0.1, -0.05) is 18.5 Å². The van der Waals surface area contributed by atoms with E-state index in [-0.39, 0.29) is 0 Å². The quantitative estimate of drug-likeness (QED) is 0.738. The average molecular weight is 325 g/mol. The third-order valence-electron chi connectivity index (χ3n) is 3.20. The van der Waals surface area contributed by atoms with Crippen LogP contribution in [0.1, 0.15) is 29.5 Å². The van der Waals surface area contributed by atoms with Crippen molar-refractivity contribution in [2.45, 2.75) is 33.2 Å². The van der Waals surface area contributed by atoms with Crippen LogP contribution in [0.5, 0.6) is 5.75 Å². The largest absolute Gasteiger partial charge is 0.493 e. The van der Waals surface area contributed by atoms with Crippen LogP contribution >= 0.6 is 22.9 Å². The Morgan fingerprint density at radius 1 is 1.38 bits per heavy atom. The highest BCUT2D eigenvalue weighted by Crippen LogP contribution is 2.23. The molecule has 0 unspecified atom stereocenters. The maximum absolute atomic E-state index is 6.08. The standard InChI is InChI=1S/C16H21ClN2OS/c1-3-7-18-10-13-9-14(17)4-5-15(13)20-8-6-16-12(2)19-11-21-16/h4-5,9,11,18H,3,6-8,10H2,1-2H3. The Bertz CT molecular complexity index is 571. The van der Waals surface area contributed by atoms with Gasteiger partial charge in [0.25, 0.3) is 0 Å². The Hall–Kier alpha value is -1.10. The summed E-state index contributed by atoms with van der Waals surface area (Å²) in [5, 5.41) is 4.13. The number of benzene rings is 1. The molecule has 1 aromatic heterocycles. The van der Waals surface area contributed by atoms with E-state index in [4.69, 9.17) is 16.3 Å². The number of nitrogens with zero attached hydrogens (tertiary/aromatic N) is 1. The van der Waals surface area contributed by atoms with Crippen molar-refractivity contribution < 1.29 is 4.74 Å². The van der Waals surface area contributed by atoms with Crippen molar-refractivity contribution in [3.63, 3.8) is 0 Å². The molecule has 0 bridgehead atoms. The predicted octanol–water partition coefficient (Wildman–Crippen LogP) is 4.23. The maximum Gasteiger partial charge on any atom is 0.123 e. The summed E-state index contributed by atoms with van der Waals surface area (Å²) in [6, 6.07) is 5.79. The van der Waals surface area contributed by atoms with Crippen molar-refractivity contribution in [1.29, 1.82) is 0 Å². The first-order chi connectivity index (χ1) is 10.2. The van der Waals surface area contributed by atoms with Gasteiger partial charge in [-0.15, -0.1) is 11.3 Å². The normalized spacial score (nSPS) is 10.8. The second-order valence-corrected chi connectivity index (χ2v) is 6.26. The van der Waals surface area contributed by atoms with Crippen LogP contribution in [0, 0.1) is 6.92 Å². The Morgan fingerprint density at radius 2 is 2.24 bits per heavy atom. The molecule has 1 heterocycles. The lowest BCUT2D eigenvalue weighted by atomic mass is 10.2. The molecular weight excluding hydrogens is 304 g/mol. The SMILES string of the molecule is CCCNCc1cc(Cl)ccc1OCCc1scnc1C. The number of halogens is 1. The Balaban J connectivity index is 1.93. The molecule has 2 aromatic rings. The molecule has 0 atom stereocenters. The number of rotatable bonds is 8. The molecule has 0 aliphatic heterocycles. The number of hydrogen-bond acceptors (Lipinski definition) is 4. The molecule has 2 rings (SSSR count). The Labute approximate surface area is 135 Å². The predicted molar refractivity (Wildman–Crippen MR) is 89.5 cm³/mol. The fourth-order valence-corrected chi connectivity index (χ4v) is 3.00. The highest BCUT2D eigenvalue weighted by Gasteiger charge is 2.06. The molecule has 0 spiro atoms. The number of nitrogens with one attached hydrogen (secondary N) is 1. The third kappa shape index (κ3) is 4.99. The van der Waals surface area contributed by atoms with Gasteiger partial charge in [-0.25, -0.2) is 4.98 Å². The van der Waals surface area contributed by atoms with E-state index >= 15 is 0 Å². The summed E-state index contributed by atoms with van der Waals surface area (Å²) in [5.41, 5.74) is 4.09. The highest BCUT2D eigenvalue weighted by molar-refractivity contribution is 7.09. The zero-order valence-electron chi connectivity index (χ0n) is 12.5. The molecular formula is C16H21ClN2OS. The van der Waals surface area contributed by atoms with E-state index in [0.717, 1.165) is 48.0 Å². The van der Waals surface area contributed by atoms with Gasteiger partial charge >= 0.3 is 0 Å². The monoisotopic (exact) mass is 324 g/mol. The van der Waals surface area contributed by atoms with Gasteiger partial charge in [-0.05, 0) is 38.1 Å². The molecule has 0 radical (unpaired) electrons. The lowest BCUT2D eigenvalue weighted by molar-refractivity contribution is 0.318. The zero-order valence-corrected chi connectivity index (χ0v) is 14.1. The number of aryl methyl sites for hydroxylation is 1. The van der Waals surface area contributed by atoms with Gasteiger partial charge in [0.05, 0.1) is 17.8 Å². The van der Waals surface area contributed by atoms with Crippen LogP contribution in [0.2, 0.25) is 5.02 Å². The minimum atomic E-state index is 0.658. The second kappa shape index (κ2) is 8.37. The van der Waals surface area contributed by atoms with Gasteiger partial charge in [-0.3, -0.25) is 0 Å². The first-order valence-corrected chi connectivity index (χ1v) is 8.47. The first-order valence-electron chi connectivity index (χ1n) is 7.21. The highest BCUT2D eigenvalue weighted by atomic mass is 35.5. The van der Waals surface area contributed by atoms with Crippen LogP contribution in [-0.2, 0) is 13.0 Å². The third-order valence-corrected chi connectivity index (χ3v) is 4.43. The van der Waals surface area contributed by atoms with E-state index in [1.165, 1.54) is 4.88 Å². The topological polar surface area (TPSA) is 34.1 Å². The van der Waals surface area contributed by atoms with Crippen molar-refractivity contribution in [3.05, 3.63) is 44.9 Å². The lowest BCUT2D eigenvalue weighted by Crippen LogP contribution is -2.15. The molecule has 0 amide bonds. The molecule has 21 heavy (non-hydrogen) atoms. The van der Waals surface area contributed by atoms with E-state index in [1.54, 1.807) is 11.3 Å². The van der Waals surface area contributed by atoms with Crippen LogP contribution in [0.4, 0.5) is 0 Å². The Kier molecular flexibility index (Phi) is 6.49. The van der Waals surface area contributed by atoms with Crippen molar-refractivity contribution in [2.24, 2.45) is 0 Å². The van der Waals surface area contributed by atoms with Crippen molar-refractivity contribution in [3.8, 4) is 5.75 Å². The van der Waals surface area contributed by atoms with Gasteiger partial charge in [0.1, 0.15) is 5.75 Å². The van der Waals surface area contributed by atoms with Crippen molar-refractivity contribution in [1.82, 2.24) is 10.3 Å². The molecule has 0 saturated carbocycles. The van der Waals surface area contributed by atoms with E-state index in [9.17, 15) is 0 Å². The first kappa shape index (κ1) is 16.3. The van der Waals surface area contributed by atoms with Gasteiger partial charge in [0, 0.05) is 28.4 Å². The van der Waals surface area contributed by atoms with Crippen LogP contribution in [0.15, 0.2) is 23.7 Å². The molecule has 5 heteroatoms. The van der Waals surface area contributed by atoms with E-state index < -0.39 is 0 Å². The second-order valence-electron chi connectivity index (χ2n) is 4.89. The van der Waals surface area contributed by atoms with Gasteiger partial charge in [-0.2, -0.15) is 0 Å². The average Bonchev–Trinajstić information content (AvgIpc) is 2.87. The van der Waals surface area contributed by atoms with Crippen LogP contribution in [0.25, 0.3) is 0 Å². The molecule has 1 N–H and O–H groups in total. The van der Waals surface area contributed by atoms with Crippen LogP contribution in [0.3, 0.4) is 0 Å². The summed E-state index contributed by atoms with van der Waals surface area (Å²) in [6.45, 7) is 6.62. The summed E-state index contributed by atoms with van der Waals surface area (Å²) < 4.78 is 5.93. The summed E-state index contributed by atoms with van der Waals surface area (Å²) in [6.07, 6.45) is 2.00. The molecule has 0 saturated heterocycles. The Morgan fingerprint density at radius 3 is 2.95 bits per heavy atom. The smallest absolute Gasteiger partial charge is 0.123 e. The summed E-state index contributed by atoms with van der Waals surface area (Å²) in [4.78, 5) is 5.54. The summed E-state index contributed by atoms with van der Waals surface area (Å²) in [7, 11) is 0. The van der Waals surface area contributed by atoms with E-state index in [1.807, 2.05) is 30.6 Å². The van der Waals surface area contributed by atoms with Crippen LogP contribution in [-0.4, -0.2) is 18.1 Å². The molecule has 114 valence electrons. The number of hydrogen-bond donors (Lipinski definition) is 1.